The molecule has 0 saturated carbocycles. The van der Waals surface area contributed by atoms with E-state index in [1.54, 1.807) is 6.20 Å². The topological polar surface area (TPSA) is 52.5 Å². The van der Waals surface area contributed by atoms with Crippen molar-refractivity contribution in [2.45, 2.75) is 12.8 Å². The third-order valence-corrected chi connectivity index (χ3v) is 1.92. The summed E-state index contributed by atoms with van der Waals surface area (Å²) in [5, 5.41) is 15.0. The lowest BCUT2D eigenvalue weighted by molar-refractivity contribution is 0.975. The molecular formula is C6H6BrN3. The van der Waals surface area contributed by atoms with Gasteiger partial charge in [-0.05, 0) is 22.9 Å². The summed E-state index contributed by atoms with van der Waals surface area (Å²) in [6, 6.07) is 2.12. The number of aromatic nitrogens is 2. The smallest absolute Gasteiger partial charge is 0.105 e. The van der Waals surface area contributed by atoms with Crippen molar-refractivity contribution >= 4 is 15.9 Å². The maximum Gasteiger partial charge on any atom is 0.105 e. The Morgan fingerprint density at radius 2 is 2.60 bits per heavy atom. The van der Waals surface area contributed by atoms with Crippen LogP contribution in [0.3, 0.4) is 0 Å². The van der Waals surface area contributed by atoms with Gasteiger partial charge in [-0.25, -0.2) is 0 Å². The number of hydrogen-bond acceptors (Lipinski definition) is 2. The molecule has 0 amide bonds. The number of aromatic amines is 1. The van der Waals surface area contributed by atoms with Crippen LogP contribution >= 0.6 is 15.9 Å². The Morgan fingerprint density at radius 1 is 1.90 bits per heavy atom. The predicted molar refractivity (Wildman–Crippen MR) is 40.3 cm³/mol. The fraction of sp³-hybridized carbons (Fsp3) is 0.333. The number of nitrogens with zero attached hydrogens (tertiary/aromatic N) is 2. The number of nitriles is 1. The van der Waals surface area contributed by atoms with Crippen molar-refractivity contribution < 1.29 is 0 Å². The van der Waals surface area contributed by atoms with Crippen LogP contribution in [0.2, 0.25) is 0 Å². The molecule has 0 aliphatic rings. The van der Waals surface area contributed by atoms with Crippen molar-refractivity contribution in [3.8, 4) is 6.07 Å². The van der Waals surface area contributed by atoms with E-state index in [1.165, 1.54) is 0 Å². The molecule has 0 bridgehead atoms. The third kappa shape index (κ3) is 1.19. The molecule has 1 aromatic heterocycles. The highest BCUT2D eigenvalue weighted by Gasteiger charge is 2.08. The zero-order valence-electron chi connectivity index (χ0n) is 5.43. The van der Waals surface area contributed by atoms with Crippen LogP contribution in [0.15, 0.2) is 10.8 Å². The lowest BCUT2D eigenvalue weighted by atomic mass is 10.1. The zero-order valence-corrected chi connectivity index (χ0v) is 7.01. The summed E-state index contributed by atoms with van der Waals surface area (Å²) in [5.74, 6) is -0.104. The van der Waals surface area contributed by atoms with Crippen LogP contribution in [-0.4, -0.2) is 10.2 Å². The van der Waals surface area contributed by atoms with Crippen molar-refractivity contribution in [2.24, 2.45) is 0 Å². The van der Waals surface area contributed by atoms with Gasteiger partial charge in [-0.3, -0.25) is 5.10 Å². The van der Waals surface area contributed by atoms with Crippen molar-refractivity contribution in [1.29, 1.82) is 5.26 Å². The molecule has 1 N–H and O–H groups in total. The summed E-state index contributed by atoms with van der Waals surface area (Å²) in [6.45, 7) is 1.83. The average molecular weight is 200 g/mol. The van der Waals surface area contributed by atoms with E-state index < -0.39 is 0 Å². The Hall–Kier alpha value is -0.820. The monoisotopic (exact) mass is 199 g/mol. The van der Waals surface area contributed by atoms with Gasteiger partial charge in [0.15, 0.2) is 0 Å². The number of nitrogens with one attached hydrogen (secondary N) is 1. The van der Waals surface area contributed by atoms with Crippen LogP contribution in [0.5, 0.6) is 0 Å². The molecule has 1 heterocycles. The van der Waals surface area contributed by atoms with E-state index in [0.717, 1.165) is 10.2 Å². The summed E-state index contributed by atoms with van der Waals surface area (Å²) in [7, 11) is 0. The van der Waals surface area contributed by atoms with Crippen LogP contribution < -0.4 is 0 Å². The molecule has 0 fully saturated rings. The van der Waals surface area contributed by atoms with Gasteiger partial charge in [0, 0.05) is 5.56 Å². The number of H-pyrrole nitrogens is 1. The van der Waals surface area contributed by atoms with Crippen molar-refractivity contribution in [3.05, 3.63) is 16.4 Å². The number of hydrogen-bond donors (Lipinski definition) is 1. The predicted octanol–water partition coefficient (Wildman–Crippen LogP) is 1.80. The molecule has 0 spiro atoms. The Morgan fingerprint density at radius 3 is 3.00 bits per heavy atom. The quantitative estimate of drug-likeness (QED) is 0.751. The van der Waals surface area contributed by atoms with Gasteiger partial charge in [0.2, 0.25) is 0 Å². The molecule has 0 aliphatic carbocycles. The van der Waals surface area contributed by atoms with Crippen LogP contribution in [0.1, 0.15) is 18.4 Å². The molecule has 52 valence electrons. The van der Waals surface area contributed by atoms with Gasteiger partial charge < -0.3 is 0 Å². The number of halogens is 1. The molecule has 1 atom stereocenters. The first-order valence-corrected chi connectivity index (χ1v) is 3.63. The van der Waals surface area contributed by atoms with Gasteiger partial charge >= 0.3 is 0 Å². The van der Waals surface area contributed by atoms with Gasteiger partial charge in [0.1, 0.15) is 4.60 Å². The van der Waals surface area contributed by atoms with Crippen LogP contribution in [0.4, 0.5) is 0 Å². The van der Waals surface area contributed by atoms with E-state index in [9.17, 15) is 0 Å². The summed E-state index contributed by atoms with van der Waals surface area (Å²) in [6.07, 6.45) is 1.65. The third-order valence-electron chi connectivity index (χ3n) is 1.28. The lowest BCUT2D eigenvalue weighted by Crippen LogP contribution is -1.86. The fourth-order valence-corrected chi connectivity index (χ4v) is 1.20. The Kier molecular flexibility index (Phi) is 2.07. The van der Waals surface area contributed by atoms with E-state index in [2.05, 4.69) is 32.2 Å². The van der Waals surface area contributed by atoms with Crippen LogP contribution in [0, 0.1) is 11.3 Å². The van der Waals surface area contributed by atoms with Gasteiger partial charge in [-0.1, -0.05) is 0 Å². The molecule has 4 heteroatoms. The molecule has 1 rings (SSSR count). The largest absolute Gasteiger partial charge is 0.271 e. The second kappa shape index (κ2) is 2.84. The maximum absolute atomic E-state index is 8.52. The van der Waals surface area contributed by atoms with E-state index >= 15 is 0 Å². The summed E-state index contributed by atoms with van der Waals surface area (Å²) < 4.78 is 0.793. The first-order valence-electron chi connectivity index (χ1n) is 2.84. The van der Waals surface area contributed by atoms with E-state index in [-0.39, 0.29) is 5.92 Å². The summed E-state index contributed by atoms with van der Waals surface area (Å²) in [4.78, 5) is 0. The fourth-order valence-electron chi connectivity index (χ4n) is 0.651. The normalized spacial score (nSPS) is 12.5. The van der Waals surface area contributed by atoms with Gasteiger partial charge in [-0.15, -0.1) is 0 Å². The summed E-state index contributed by atoms with van der Waals surface area (Å²) >= 11 is 3.24. The molecule has 0 saturated heterocycles. The highest BCUT2D eigenvalue weighted by Crippen LogP contribution is 2.20. The van der Waals surface area contributed by atoms with Crippen molar-refractivity contribution in [2.75, 3.05) is 0 Å². The average Bonchev–Trinajstić information content (AvgIpc) is 2.34. The second-order valence-electron chi connectivity index (χ2n) is 1.99. The maximum atomic E-state index is 8.52. The molecule has 3 nitrogen and oxygen atoms in total. The minimum absolute atomic E-state index is 0.104. The molecule has 1 unspecified atom stereocenters. The van der Waals surface area contributed by atoms with Gasteiger partial charge in [0.25, 0.3) is 0 Å². The Balaban J connectivity index is 2.96. The standard InChI is InChI=1S/C6H6BrN3/c1-4(2-8)5-3-9-10-6(5)7/h3-4H,1H3,(H,9,10). The Bertz CT molecular complexity index is 260. The SMILES string of the molecule is CC(C#N)c1cn[nH]c1Br. The van der Waals surface area contributed by atoms with E-state index in [4.69, 9.17) is 5.26 Å². The van der Waals surface area contributed by atoms with Crippen molar-refractivity contribution in [3.63, 3.8) is 0 Å². The molecule has 0 radical (unpaired) electrons. The second-order valence-corrected chi connectivity index (χ2v) is 2.78. The molecule has 0 aliphatic heterocycles. The van der Waals surface area contributed by atoms with Gasteiger partial charge in [0.05, 0.1) is 18.2 Å². The van der Waals surface area contributed by atoms with Crippen molar-refractivity contribution in [1.82, 2.24) is 10.2 Å². The zero-order chi connectivity index (χ0) is 7.56. The Labute approximate surface area is 67.2 Å². The molecule has 10 heavy (non-hydrogen) atoms. The summed E-state index contributed by atoms with van der Waals surface area (Å²) in [5.41, 5.74) is 0.905. The minimum atomic E-state index is -0.104. The minimum Gasteiger partial charge on any atom is -0.271 e. The first-order chi connectivity index (χ1) is 4.75. The first kappa shape index (κ1) is 7.29. The highest BCUT2D eigenvalue weighted by atomic mass is 79.9. The number of rotatable bonds is 1. The lowest BCUT2D eigenvalue weighted by Gasteiger charge is -1.95. The van der Waals surface area contributed by atoms with Crippen LogP contribution in [0.25, 0.3) is 0 Å². The van der Waals surface area contributed by atoms with Gasteiger partial charge in [-0.2, -0.15) is 10.4 Å². The highest BCUT2D eigenvalue weighted by molar-refractivity contribution is 9.10. The van der Waals surface area contributed by atoms with E-state index in [0.29, 0.717) is 0 Å². The molecule has 0 aromatic carbocycles. The molecular weight excluding hydrogens is 194 g/mol. The van der Waals surface area contributed by atoms with Crippen LogP contribution in [-0.2, 0) is 0 Å². The van der Waals surface area contributed by atoms with E-state index in [1.807, 2.05) is 6.92 Å². The molecule has 1 aromatic rings.